The second-order valence-corrected chi connectivity index (χ2v) is 12.5. The van der Waals surface area contributed by atoms with Crippen molar-refractivity contribution in [2.45, 2.75) is 20.8 Å². The van der Waals surface area contributed by atoms with Crippen molar-refractivity contribution in [1.29, 1.82) is 0 Å². The van der Waals surface area contributed by atoms with Gasteiger partial charge in [-0.1, -0.05) is 86.5 Å². The van der Waals surface area contributed by atoms with Crippen molar-refractivity contribution in [1.82, 2.24) is 19.2 Å². The highest BCUT2D eigenvalue weighted by molar-refractivity contribution is 7.96. The Kier molecular flexibility index (Phi) is 13.6. The van der Waals surface area contributed by atoms with E-state index in [1.165, 1.54) is 16.5 Å². The second kappa shape index (κ2) is 18.7. The number of nitrogens with zero attached hydrogens (tertiary/aromatic N) is 4. The van der Waals surface area contributed by atoms with Gasteiger partial charge in [0.25, 0.3) is 6.47 Å². The number of aromatic hydroxyl groups is 2. The van der Waals surface area contributed by atoms with Gasteiger partial charge in [-0.15, -0.1) is 0 Å². The summed E-state index contributed by atoms with van der Waals surface area (Å²) in [5.74, 6) is -0.636. The van der Waals surface area contributed by atoms with E-state index in [2.05, 4.69) is 24.8 Å². The van der Waals surface area contributed by atoms with E-state index in [0.717, 1.165) is 10.9 Å². The van der Waals surface area contributed by atoms with Gasteiger partial charge in [0.15, 0.2) is 0 Å². The minimum Gasteiger partial charge on any atom is -0.494 e. The first kappa shape index (κ1) is 40.7. The van der Waals surface area contributed by atoms with E-state index in [0.29, 0.717) is 70.8 Å². The third-order valence-electron chi connectivity index (χ3n) is 8.68. The Morgan fingerprint density at radius 3 is 1.73 bits per heavy atom. The minimum atomic E-state index is -0.466. The molecule has 0 bridgehead atoms. The van der Waals surface area contributed by atoms with E-state index in [-0.39, 0.29) is 34.6 Å². The molecule has 1 amide bonds. The number of nitrogens with one attached hydrogen (secondary N) is 2. The molecule has 0 unspecified atom stereocenters. The maximum Gasteiger partial charge on any atom is 0.328 e. The van der Waals surface area contributed by atoms with Crippen molar-refractivity contribution < 1.29 is 34.1 Å². The molecule has 2 aliphatic rings. The van der Waals surface area contributed by atoms with Crippen molar-refractivity contribution in [2.75, 3.05) is 26.0 Å². The Labute approximate surface area is 327 Å². The molecular formula is C42H42N6O7S. The van der Waals surface area contributed by atoms with Gasteiger partial charge in [-0.2, -0.15) is 0 Å². The van der Waals surface area contributed by atoms with E-state index in [1.807, 2.05) is 62.6 Å². The molecule has 0 saturated carbocycles. The highest BCUT2D eigenvalue weighted by Crippen LogP contribution is 2.38. The molecule has 288 valence electrons. The van der Waals surface area contributed by atoms with Crippen LogP contribution in [0.3, 0.4) is 0 Å². The molecule has 6 aromatic rings. The normalized spacial score (nSPS) is 12.2. The van der Waals surface area contributed by atoms with Gasteiger partial charge in [-0.25, -0.2) is 19.3 Å². The van der Waals surface area contributed by atoms with Gasteiger partial charge in [-0.05, 0) is 49.6 Å². The van der Waals surface area contributed by atoms with Crippen molar-refractivity contribution >= 4 is 80.6 Å². The van der Waals surface area contributed by atoms with Crippen LogP contribution in [0.4, 0.5) is 16.2 Å². The second-order valence-electron chi connectivity index (χ2n) is 11.8. The van der Waals surface area contributed by atoms with Crippen LogP contribution in [0.5, 0.6) is 11.8 Å². The van der Waals surface area contributed by atoms with Crippen LogP contribution < -0.4 is 10.0 Å². The van der Waals surface area contributed by atoms with Gasteiger partial charge in [0.2, 0.25) is 23.3 Å². The predicted octanol–water partition coefficient (Wildman–Crippen LogP) is 7.50. The average Bonchev–Trinajstić information content (AvgIpc) is 3.91. The summed E-state index contributed by atoms with van der Waals surface area (Å²) in [7, 11) is 1.77. The number of carbonyl (C=O) groups is 4. The highest BCUT2D eigenvalue weighted by Gasteiger charge is 2.33. The first-order valence-electron chi connectivity index (χ1n) is 17.9. The Morgan fingerprint density at radius 2 is 1.23 bits per heavy atom. The number of ketones is 2. The van der Waals surface area contributed by atoms with Gasteiger partial charge in [0, 0.05) is 42.0 Å². The zero-order chi connectivity index (χ0) is 40.4. The maximum absolute atomic E-state index is 12.9. The van der Waals surface area contributed by atoms with Crippen LogP contribution in [0, 0.1) is 0 Å². The molecule has 0 radical (unpaired) electrons. The molecular weight excluding hydrogens is 733 g/mol. The van der Waals surface area contributed by atoms with Crippen LogP contribution in [0.2, 0.25) is 0 Å². The fraction of sp³-hybridized carbons (Fsp3) is 0.190. The van der Waals surface area contributed by atoms with E-state index in [4.69, 9.17) is 0 Å². The van der Waals surface area contributed by atoms with Crippen LogP contribution in [0.15, 0.2) is 107 Å². The number of fused-ring (bicyclic) bond motifs is 4. The lowest BCUT2D eigenvalue weighted by molar-refractivity contribution is -0.128. The number of hydrogen-bond acceptors (Lipinski definition) is 11. The summed E-state index contributed by atoms with van der Waals surface area (Å²) in [6, 6.07) is 28.5. The summed E-state index contributed by atoms with van der Waals surface area (Å²) >= 11 is 1.46. The molecule has 8 rings (SSSR count). The van der Waals surface area contributed by atoms with Crippen molar-refractivity contribution in [3.05, 3.63) is 119 Å². The summed E-state index contributed by atoms with van der Waals surface area (Å²) in [5, 5.41) is 25.5. The highest BCUT2D eigenvalue weighted by atomic mass is 32.2. The fourth-order valence-electron chi connectivity index (χ4n) is 6.21. The molecule has 4 aromatic carbocycles. The van der Waals surface area contributed by atoms with Crippen LogP contribution in [0.1, 0.15) is 52.6 Å². The monoisotopic (exact) mass is 774 g/mol. The summed E-state index contributed by atoms with van der Waals surface area (Å²) in [4.78, 5) is 56.1. The molecule has 0 spiro atoms. The number of aliphatic imine (C=N–C) groups is 2. The summed E-state index contributed by atoms with van der Waals surface area (Å²) in [6.07, 6.45) is 1.90. The number of ether oxygens (including phenoxy) is 1. The molecule has 0 saturated heterocycles. The Hall–Kier alpha value is -6.51. The third-order valence-corrected chi connectivity index (χ3v) is 9.17. The zero-order valence-electron chi connectivity index (χ0n) is 31.6. The fourth-order valence-corrected chi connectivity index (χ4v) is 6.52. The average molecular weight is 775 g/mol. The molecule has 2 aliphatic heterocycles. The largest absolute Gasteiger partial charge is 0.494 e. The molecule has 14 heteroatoms. The molecule has 4 N–H and O–H groups in total. The van der Waals surface area contributed by atoms with Crippen molar-refractivity contribution in [3.63, 3.8) is 0 Å². The standard InChI is InChI=1S/C20H18N4O3S.C17H12N2O2.C3H6O2.C2H6/c1-28-22-11-10-21-20(27)24-15-9-5-3-7-13(15)16(19(24)26)17-18(25)12-6-2-4-8-14(12)23-17;1-19-13-9-5-3-7-11(13)14(17(19)21)15-16(20)10-6-2-4-8-12(10)18-15;1-2-5-3-4;1-2/h2-9,22,26H,10-11H2,1H3,(H,21,27);2-9,21H,1H3;3H,2H2,1H3;1-2H3. The van der Waals surface area contributed by atoms with Crippen LogP contribution in [-0.4, -0.2) is 80.8 Å². The molecule has 13 nitrogen and oxygen atoms in total. The number of aromatic nitrogens is 2. The SMILES string of the molecule is CC.CCOC=O.CSNCCNC(=O)n1c(O)c(C2=Nc3ccccc3C2=O)c2ccccc21.Cn1c(O)c(C2=Nc3ccccc3C2=O)c2ccccc21. The number of carbonyl (C=O) groups excluding carboxylic acids is 4. The predicted molar refractivity (Wildman–Crippen MR) is 221 cm³/mol. The first-order valence-corrected chi connectivity index (χ1v) is 19.1. The molecule has 56 heavy (non-hydrogen) atoms. The summed E-state index contributed by atoms with van der Waals surface area (Å²) in [6.45, 7) is 7.64. The van der Waals surface area contributed by atoms with Gasteiger partial charge in [0.1, 0.15) is 11.4 Å². The summed E-state index contributed by atoms with van der Waals surface area (Å²) in [5.41, 5.74) is 4.91. The van der Waals surface area contributed by atoms with Gasteiger partial charge in [0.05, 0.1) is 40.1 Å². The number of hydrogen-bond donors (Lipinski definition) is 4. The first-order chi connectivity index (χ1) is 27.2. The molecule has 2 aromatic heterocycles. The number of rotatable bonds is 8. The third kappa shape index (κ3) is 7.97. The minimum absolute atomic E-state index is 0.0658. The molecule has 0 fully saturated rings. The van der Waals surface area contributed by atoms with E-state index < -0.39 is 6.03 Å². The Balaban J connectivity index is 0.000000189. The molecule has 0 aliphatic carbocycles. The number of aryl methyl sites for hydroxylation is 1. The quantitative estimate of drug-likeness (QED) is 0.0693. The smallest absolute Gasteiger partial charge is 0.328 e. The van der Waals surface area contributed by atoms with Crippen LogP contribution >= 0.6 is 11.9 Å². The van der Waals surface area contributed by atoms with Gasteiger partial charge in [-0.3, -0.25) is 19.1 Å². The number of amides is 1. The van der Waals surface area contributed by atoms with E-state index >= 15 is 0 Å². The van der Waals surface area contributed by atoms with Crippen LogP contribution in [0.25, 0.3) is 21.8 Å². The Bertz CT molecular complexity index is 2480. The number of benzene rings is 4. The lowest BCUT2D eigenvalue weighted by Gasteiger charge is -2.08. The lowest BCUT2D eigenvalue weighted by Crippen LogP contribution is -2.33. The maximum atomic E-state index is 12.9. The van der Waals surface area contributed by atoms with Crippen molar-refractivity contribution in [3.8, 4) is 11.8 Å². The summed E-state index contributed by atoms with van der Waals surface area (Å²) < 4.78 is 10.0. The van der Waals surface area contributed by atoms with E-state index in [9.17, 15) is 29.4 Å². The van der Waals surface area contributed by atoms with Crippen molar-refractivity contribution in [2.24, 2.45) is 17.0 Å². The molecule has 0 atom stereocenters. The zero-order valence-corrected chi connectivity index (χ0v) is 32.4. The Morgan fingerprint density at radius 1 is 0.750 bits per heavy atom. The van der Waals surface area contributed by atoms with E-state index in [1.54, 1.807) is 73.1 Å². The number of para-hydroxylation sites is 4. The topological polar surface area (TPSA) is 177 Å². The van der Waals surface area contributed by atoms with Gasteiger partial charge >= 0.3 is 6.03 Å². The van der Waals surface area contributed by atoms with Crippen LogP contribution in [-0.2, 0) is 16.6 Å². The lowest BCUT2D eigenvalue weighted by atomic mass is 10.0. The number of Topliss-reactive ketones (excluding diaryl/α,β-unsaturated/α-hetero) is 2. The van der Waals surface area contributed by atoms with Gasteiger partial charge < -0.3 is 24.8 Å². The molecule has 4 heterocycles.